The Morgan fingerprint density at radius 1 is 1.16 bits per heavy atom. The van der Waals surface area contributed by atoms with Crippen LogP contribution in [-0.4, -0.2) is 11.5 Å². The van der Waals surface area contributed by atoms with E-state index < -0.39 is 0 Å². The Labute approximate surface area is 112 Å². The Balaban J connectivity index is 2.11. The van der Waals surface area contributed by atoms with E-state index in [9.17, 15) is 4.39 Å². The quantitative estimate of drug-likeness (QED) is 0.849. The van der Waals surface area contributed by atoms with Crippen LogP contribution < -0.4 is 10.6 Å². The molecular formula is C15H18FN3. The maximum atomic E-state index is 13.2. The fourth-order valence-electron chi connectivity index (χ4n) is 1.73. The Bertz CT molecular complexity index is 555. The number of hydrogen-bond acceptors (Lipinski definition) is 3. The molecule has 0 bridgehead atoms. The molecule has 0 atom stereocenters. The van der Waals surface area contributed by atoms with Gasteiger partial charge < -0.3 is 10.6 Å². The summed E-state index contributed by atoms with van der Waals surface area (Å²) in [7, 11) is 0. The van der Waals surface area contributed by atoms with E-state index >= 15 is 0 Å². The maximum Gasteiger partial charge on any atom is 0.132 e. The first-order valence-electron chi connectivity index (χ1n) is 6.43. The lowest BCUT2D eigenvalue weighted by atomic mass is 10.2. The van der Waals surface area contributed by atoms with Gasteiger partial charge in [-0.2, -0.15) is 0 Å². The Hall–Kier alpha value is -2.10. The second kappa shape index (κ2) is 6.18. The highest BCUT2D eigenvalue weighted by atomic mass is 19.1. The highest BCUT2D eigenvalue weighted by molar-refractivity contribution is 5.58. The SMILES string of the molecule is CCCNc1cccc(Nc2ccc(F)c(C)c2)n1. The van der Waals surface area contributed by atoms with Crippen molar-refractivity contribution in [2.24, 2.45) is 0 Å². The van der Waals surface area contributed by atoms with Gasteiger partial charge in [-0.15, -0.1) is 0 Å². The average molecular weight is 259 g/mol. The van der Waals surface area contributed by atoms with E-state index in [0.29, 0.717) is 5.56 Å². The smallest absolute Gasteiger partial charge is 0.132 e. The molecule has 0 unspecified atom stereocenters. The number of aryl methyl sites for hydroxylation is 1. The molecule has 2 rings (SSSR count). The van der Waals surface area contributed by atoms with Gasteiger partial charge in [-0.05, 0) is 49.2 Å². The highest BCUT2D eigenvalue weighted by Gasteiger charge is 2.01. The van der Waals surface area contributed by atoms with Gasteiger partial charge in [-0.1, -0.05) is 13.0 Å². The number of rotatable bonds is 5. The van der Waals surface area contributed by atoms with Gasteiger partial charge in [0.25, 0.3) is 0 Å². The number of pyridine rings is 1. The fourth-order valence-corrected chi connectivity index (χ4v) is 1.73. The monoisotopic (exact) mass is 259 g/mol. The number of nitrogens with one attached hydrogen (secondary N) is 2. The zero-order valence-corrected chi connectivity index (χ0v) is 11.2. The predicted molar refractivity (Wildman–Crippen MR) is 77.4 cm³/mol. The summed E-state index contributed by atoms with van der Waals surface area (Å²) >= 11 is 0. The van der Waals surface area contributed by atoms with E-state index in [4.69, 9.17) is 0 Å². The van der Waals surface area contributed by atoms with Crippen LogP contribution in [0.25, 0.3) is 0 Å². The van der Waals surface area contributed by atoms with E-state index in [0.717, 1.165) is 30.3 Å². The number of hydrogen-bond donors (Lipinski definition) is 2. The zero-order valence-electron chi connectivity index (χ0n) is 11.2. The first-order chi connectivity index (χ1) is 9.19. The van der Waals surface area contributed by atoms with E-state index in [-0.39, 0.29) is 5.82 Å². The Kier molecular flexibility index (Phi) is 4.34. The van der Waals surface area contributed by atoms with Gasteiger partial charge in [0, 0.05) is 12.2 Å². The lowest BCUT2D eigenvalue weighted by Crippen LogP contribution is -2.03. The lowest BCUT2D eigenvalue weighted by molar-refractivity contribution is 0.619. The van der Waals surface area contributed by atoms with Crippen LogP contribution >= 0.6 is 0 Å². The molecule has 0 aliphatic heterocycles. The van der Waals surface area contributed by atoms with Gasteiger partial charge in [0.05, 0.1) is 0 Å². The molecule has 0 radical (unpaired) electrons. The van der Waals surface area contributed by atoms with Crippen LogP contribution in [0.2, 0.25) is 0 Å². The molecule has 1 aromatic heterocycles. The first-order valence-corrected chi connectivity index (χ1v) is 6.43. The van der Waals surface area contributed by atoms with Crippen molar-refractivity contribution in [2.45, 2.75) is 20.3 Å². The van der Waals surface area contributed by atoms with Gasteiger partial charge in [0.1, 0.15) is 17.5 Å². The highest BCUT2D eigenvalue weighted by Crippen LogP contribution is 2.19. The lowest BCUT2D eigenvalue weighted by Gasteiger charge is -2.09. The molecule has 0 aliphatic rings. The van der Waals surface area contributed by atoms with E-state index in [1.807, 2.05) is 18.2 Å². The molecule has 0 saturated heterocycles. The molecule has 0 saturated carbocycles. The maximum absolute atomic E-state index is 13.2. The van der Waals surface area contributed by atoms with Crippen molar-refractivity contribution in [2.75, 3.05) is 17.2 Å². The van der Waals surface area contributed by atoms with E-state index in [1.165, 1.54) is 6.07 Å². The molecule has 4 heteroatoms. The van der Waals surface area contributed by atoms with E-state index in [1.54, 1.807) is 19.1 Å². The molecule has 1 aromatic carbocycles. The standard InChI is InChI=1S/C15H18FN3/c1-3-9-17-14-5-4-6-15(19-14)18-12-7-8-13(16)11(2)10-12/h4-8,10H,3,9H2,1-2H3,(H2,17,18,19). The summed E-state index contributed by atoms with van der Waals surface area (Å²) in [5.74, 6) is 1.38. The van der Waals surface area contributed by atoms with Crippen LogP contribution in [0.4, 0.5) is 21.7 Å². The summed E-state index contributed by atoms with van der Waals surface area (Å²) in [6, 6.07) is 10.7. The molecule has 0 aliphatic carbocycles. The predicted octanol–water partition coefficient (Wildman–Crippen LogP) is 4.09. The number of benzene rings is 1. The summed E-state index contributed by atoms with van der Waals surface area (Å²) in [5.41, 5.74) is 1.45. The molecule has 0 spiro atoms. The second-order valence-electron chi connectivity index (χ2n) is 4.42. The molecular weight excluding hydrogens is 241 g/mol. The van der Waals surface area contributed by atoms with Crippen LogP contribution in [0.5, 0.6) is 0 Å². The third kappa shape index (κ3) is 3.68. The molecule has 3 nitrogen and oxygen atoms in total. The van der Waals surface area contributed by atoms with E-state index in [2.05, 4.69) is 22.5 Å². The molecule has 100 valence electrons. The molecule has 1 heterocycles. The minimum Gasteiger partial charge on any atom is -0.370 e. The van der Waals surface area contributed by atoms with Crippen molar-refractivity contribution in [3.05, 3.63) is 47.8 Å². The molecule has 0 fully saturated rings. The van der Waals surface area contributed by atoms with Crippen molar-refractivity contribution < 1.29 is 4.39 Å². The van der Waals surface area contributed by atoms with Crippen LogP contribution in [0.15, 0.2) is 36.4 Å². The number of anilines is 3. The van der Waals surface area contributed by atoms with Gasteiger partial charge in [0.2, 0.25) is 0 Å². The van der Waals surface area contributed by atoms with Gasteiger partial charge >= 0.3 is 0 Å². The number of nitrogens with zero attached hydrogens (tertiary/aromatic N) is 1. The van der Waals surface area contributed by atoms with Gasteiger partial charge in [0.15, 0.2) is 0 Å². The average Bonchev–Trinajstić information content (AvgIpc) is 2.41. The van der Waals surface area contributed by atoms with Crippen LogP contribution in [-0.2, 0) is 0 Å². The summed E-state index contributed by atoms with van der Waals surface area (Å²) in [5, 5.41) is 6.40. The van der Waals surface area contributed by atoms with Crippen LogP contribution in [0.3, 0.4) is 0 Å². The normalized spacial score (nSPS) is 10.3. The van der Waals surface area contributed by atoms with Crippen LogP contribution in [0.1, 0.15) is 18.9 Å². The zero-order chi connectivity index (χ0) is 13.7. The van der Waals surface area contributed by atoms with Crippen LogP contribution in [0, 0.1) is 12.7 Å². The fraction of sp³-hybridized carbons (Fsp3) is 0.267. The molecule has 0 amide bonds. The van der Waals surface area contributed by atoms with Crippen molar-refractivity contribution in [3.8, 4) is 0 Å². The van der Waals surface area contributed by atoms with Crippen molar-refractivity contribution in [1.29, 1.82) is 0 Å². The largest absolute Gasteiger partial charge is 0.370 e. The number of aromatic nitrogens is 1. The Morgan fingerprint density at radius 2 is 1.95 bits per heavy atom. The first kappa shape index (κ1) is 13.3. The summed E-state index contributed by atoms with van der Waals surface area (Å²) < 4.78 is 13.2. The summed E-state index contributed by atoms with van der Waals surface area (Å²) in [6.45, 7) is 4.75. The minimum atomic E-state index is -0.197. The summed E-state index contributed by atoms with van der Waals surface area (Å²) in [4.78, 5) is 4.44. The summed E-state index contributed by atoms with van der Waals surface area (Å²) in [6.07, 6.45) is 1.05. The third-order valence-corrected chi connectivity index (χ3v) is 2.74. The molecule has 19 heavy (non-hydrogen) atoms. The third-order valence-electron chi connectivity index (χ3n) is 2.74. The topological polar surface area (TPSA) is 37.0 Å². The Morgan fingerprint density at radius 3 is 2.68 bits per heavy atom. The van der Waals surface area contributed by atoms with Crippen molar-refractivity contribution in [1.82, 2.24) is 4.98 Å². The van der Waals surface area contributed by atoms with Crippen molar-refractivity contribution >= 4 is 17.3 Å². The minimum absolute atomic E-state index is 0.197. The van der Waals surface area contributed by atoms with Gasteiger partial charge in [-0.25, -0.2) is 9.37 Å². The second-order valence-corrected chi connectivity index (χ2v) is 4.42. The number of halogens is 1. The molecule has 2 aromatic rings. The van der Waals surface area contributed by atoms with Crippen molar-refractivity contribution in [3.63, 3.8) is 0 Å². The van der Waals surface area contributed by atoms with Gasteiger partial charge in [-0.3, -0.25) is 0 Å². The molecule has 2 N–H and O–H groups in total.